The second-order valence-electron chi connectivity index (χ2n) is 8.93. The molecule has 6 nitrogen and oxygen atoms in total. The number of pyridine rings is 1. The summed E-state index contributed by atoms with van der Waals surface area (Å²) in [7, 11) is -3.29. The number of hydrogen-bond donors (Lipinski definition) is 1. The SMILES string of the molecule is Cc1ccc(C[C@@H](CS(C)(=O)=O)n2c(=N)n(C(C)c3ccc(C)cc3)c3cccnc32)cc1. The Morgan fingerprint density at radius 1 is 0.939 bits per heavy atom. The summed E-state index contributed by atoms with van der Waals surface area (Å²) in [4.78, 5) is 4.59. The van der Waals surface area contributed by atoms with E-state index in [1.165, 1.54) is 11.8 Å². The van der Waals surface area contributed by atoms with Gasteiger partial charge in [0.25, 0.3) is 0 Å². The Hall–Kier alpha value is -3.19. The summed E-state index contributed by atoms with van der Waals surface area (Å²) in [6.45, 7) is 6.14. The summed E-state index contributed by atoms with van der Waals surface area (Å²) in [5.74, 6) is -0.0635. The van der Waals surface area contributed by atoms with Crippen LogP contribution in [-0.4, -0.2) is 34.5 Å². The largest absolute Gasteiger partial charge is 0.302 e. The molecular weight excluding hydrogens is 432 g/mol. The summed E-state index contributed by atoms with van der Waals surface area (Å²) < 4.78 is 28.5. The van der Waals surface area contributed by atoms with E-state index >= 15 is 0 Å². The molecule has 0 spiro atoms. The zero-order valence-corrected chi connectivity index (χ0v) is 20.3. The smallest absolute Gasteiger partial charge is 0.205 e. The van der Waals surface area contributed by atoms with Gasteiger partial charge in [0.15, 0.2) is 5.65 Å². The van der Waals surface area contributed by atoms with Crippen LogP contribution in [0.4, 0.5) is 0 Å². The summed E-state index contributed by atoms with van der Waals surface area (Å²) in [6, 6.07) is 19.6. The molecule has 1 N–H and O–H groups in total. The standard InChI is InChI=1S/C26H30N4O2S/c1-18-7-11-21(12-8-18)16-23(17-33(4,31)32)30-25-24(6-5-15-28-25)29(26(30)27)20(3)22-13-9-19(2)10-14-22/h5-15,20,23,27H,16-17H2,1-4H3/t20?,23-/m0/s1. The van der Waals surface area contributed by atoms with Gasteiger partial charge in [-0.2, -0.15) is 0 Å². The van der Waals surface area contributed by atoms with Crippen molar-refractivity contribution in [1.29, 1.82) is 5.41 Å². The van der Waals surface area contributed by atoms with E-state index in [2.05, 4.69) is 36.2 Å². The average Bonchev–Trinajstić information content (AvgIpc) is 3.05. The molecule has 0 saturated carbocycles. The highest BCUT2D eigenvalue weighted by Crippen LogP contribution is 2.25. The molecule has 4 aromatic rings. The van der Waals surface area contributed by atoms with Gasteiger partial charge >= 0.3 is 0 Å². The molecule has 33 heavy (non-hydrogen) atoms. The number of fused-ring (bicyclic) bond motifs is 1. The van der Waals surface area contributed by atoms with Crippen LogP contribution in [0.5, 0.6) is 0 Å². The van der Waals surface area contributed by atoms with Crippen LogP contribution < -0.4 is 5.62 Å². The summed E-state index contributed by atoms with van der Waals surface area (Å²) in [5, 5.41) is 9.13. The topological polar surface area (TPSA) is 80.7 Å². The van der Waals surface area contributed by atoms with Crippen LogP contribution in [0.3, 0.4) is 0 Å². The first kappa shape index (κ1) is 23.0. The molecule has 1 unspecified atom stereocenters. The number of nitrogens with one attached hydrogen (secondary N) is 1. The first-order valence-corrected chi connectivity index (χ1v) is 13.1. The van der Waals surface area contributed by atoms with Crippen molar-refractivity contribution in [3.8, 4) is 0 Å². The number of sulfone groups is 1. The van der Waals surface area contributed by atoms with E-state index in [-0.39, 0.29) is 17.4 Å². The molecular formula is C26H30N4O2S. The van der Waals surface area contributed by atoms with E-state index in [4.69, 9.17) is 5.41 Å². The molecule has 2 aromatic carbocycles. The van der Waals surface area contributed by atoms with Crippen molar-refractivity contribution in [3.63, 3.8) is 0 Å². The van der Waals surface area contributed by atoms with Gasteiger partial charge < -0.3 is 4.57 Å². The minimum Gasteiger partial charge on any atom is -0.302 e. The lowest BCUT2D eigenvalue weighted by Gasteiger charge is -2.19. The van der Waals surface area contributed by atoms with Crippen molar-refractivity contribution < 1.29 is 8.42 Å². The predicted molar refractivity (Wildman–Crippen MR) is 132 cm³/mol. The number of benzene rings is 2. The average molecular weight is 463 g/mol. The highest BCUT2D eigenvalue weighted by atomic mass is 32.2. The van der Waals surface area contributed by atoms with Crippen LogP contribution in [0.1, 0.15) is 41.3 Å². The molecule has 2 aromatic heterocycles. The van der Waals surface area contributed by atoms with Gasteiger partial charge in [0, 0.05) is 12.5 Å². The van der Waals surface area contributed by atoms with Crippen LogP contribution in [0.15, 0.2) is 66.9 Å². The maximum Gasteiger partial charge on any atom is 0.205 e. The molecule has 0 aliphatic heterocycles. The van der Waals surface area contributed by atoms with Gasteiger partial charge in [-0.15, -0.1) is 0 Å². The van der Waals surface area contributed by atoms with Crippen LogP contribution in [0, 0.1) is 19.3 Å². The van der Waals surface area contributed by atoms with E-state index in [9.17, 15) is 8.42 Å². The summed E-state index contributed by atoms with van der Waals surface area (Å²) in [5.41, 5.74) is 6.14. The summed E-state index contributed by atoms with van der Waals surface area (Å²) >= 11 is 0. The van der Waals surface area contributed by atoms with Crippen LogP contribution in [0.25, 0.3) is 11.2 Å². The highest BCUT2D eigenvalue weighted by molar-refractivity contribution is 7.90. The molecule has 7 heteroatoms. The minimum absolute atomic E-state index is 0.0635. The van der Waals surface area contributed by atoms with Gasteiger partial charge in [-0.3, -0.25) is 9.98 Å². The molecule has 0 amide bonds. The molecule has 2 atom stereocenters. The monoisotopic (exact) mass is 462 g/mol. The lowest BCUT2D eigenvalue weighted by atomic mass is 10.1. The van der Waals surface area contributed by atoms with E-state index in [1.54, 1.807) is 10.8 Å². The lowest BCUT2D eigenvalue weighted by Crippen LogP contribution is -2.33. The molecule has 0 bridgehead atoms. The number of aromatic nitrogens is 3. The van der Waals surface area contributed by atoms with Crippen LogP contribution in [-0.2, 0) is 16.3 Å². The van der Waals surface area contributed by atoms with Crippen LogP contribution >= 0.6 is 0 Å². The Morgan fingerprint density at radius 3 is 2.15 bits per heavy atom. The van der Waals surface area contributed by atoms with Crippen molar-refractivity contribution in [1.82, 2.24) is 14.1 Å². The molecule has 0 aliphatic rings. The molecule has 0 saturated heterocycles. The number of rotatable bonds is 7. The molecule has 0 aliphatic carbocycles. The summed E-state index contributed by atoms with van der Waals surface area (Å²) in [6.07, 6.45) is 3.45. The van der Waals surface area contributed by atoms with Gasteiger partial charge in [-0.05, 0) is 50.5 Å². The maximum atomic E-state index is 12.4. The second kappa shape index (κ2) is 8.98. The normalized spacial score (nSPS) is 13.8. The molecule has 0 radical (unpaired) electrons. The zero-order chi connectivity index (χ0) is 23.8. The molecule has 2 heterocycles. The lowest BCUT2D eigenvalue weighted by molar-refractivity contribution is 0.490. The quantitative estimate of drug-likeness (QED) is 0.443. The second-order valence-corrected chi connectivity index (χ2v) is 11.1. The van der Waals surface area contributed by atoms with Gasteiger partial charge in [0.1, 0.15) is 9.84 Å². The van der Waals surface area contributed by atoms with Gasteiger partial charge in [0.05, 0.1) is 23.4 Å². The van der Waals surface area contributed by atoms with Crippen LogP contribution in [0.2, 0.25) is 0 Å². The van der Waals surface area contributed by atoms with Crippen molar-refractivity contribution in [2.24, 2.45) is 0 Å². The third-order valence-electron chi connectivity index (χ3n) is 6.11. The van der Waals surface area contributed by atoms with Crippen molar-refractivity contribution in [2.75, 3.05) is 12.0 Å². The van der Waals surface area contributed by atoms with E-state index in [1.807, 2.05) is 54.8 Å². The first-order valence-electron chi connectivity index (χ1n) is 11.1. The Morgan fingerprint density at radius 2 is 1.55 bits per heavy atom. The zero-order valence-electron chi connectivity index (χ0n) is 19.5. The van der Waals surface area contributed by atoms with Gasteiger partial charge in [0.2, 0.25) is 5.62 Å². The van der Waals surface area contributed by atoms with Crippen molar-refractivity contribution in [3.05, 3.63) is 94.7 Å². The molecule has 4 rings (SSSR count). The number of hydrogen-bond acceptors (Lipinski definition) is 4. The Bertz CT molecular complexity index is 1430. The number of imidazole rings is 1. The Balaban J connectivity index is 1.88. The minimum atomic E-state index is -3.29. The molecule has 172 valence electrons. The predicted octanol–water partition coefficient (Wildman–Crippen LogP) is 4.37. The molecule has 0 fully saturated rings. The number of aryl methyl sites for hydroxylation is 2. The maximum absolute atomic E-state index is 12.4. The van der Waals surface area contributed by atoms with Gasteiger partial charge in [-0.25, -0.2) is 13.4 Å². The fourth-order valence-corrected chi connectivity index (χ4v) is 5.36. The third-order valence-corrected chi connectivity index (χ3v) is 7.10. The third kappa shape index (κ3) is 4.93. The van der Waals surface area contributed by atoms with E-state index < -0.39 is 15.9 Å². The van der Waals surface area contributed by atoms with Crippen molar-refractivity contribution >= 4 is 21.0 Å². The first-order chi connectivity index (χ1) is 15.6. The van der Waals surface area contributed by atoms with E-state index in [0.29, 0.717) is 12.1 Å². The number of nitrogens with zero attached hydrogens (tertiary/aromatic N) is 3. The fraction of sp³-hybridized carbons (Fsp3) is 0.308. The fourth-order valence-electron chi connectivity index (χ4n) is 4.40. The van der Waals surface area contributed by atoms with Crippen molar-refractivity contribution in [2.45, 2.75) is 39.3 Å². The Kier molecular flexibility index (Phi) is 6.26. The van der Waals surface area contributed by atoms with E-state index in [0.717, 1.165) is 22.2 Å². The van der Waals surface area contributed by atoms with Gasteiger partial charge in [-0.1, -0.05) is 59.7 Å². The Labute approximate surface area is 195 Å². The highest BCUT2D eigenvalue weighted by Gasteiger charge is 2.25.